The number of hydrogen-bond acceptors (Lipinski definition) is 6. The maximum atomic E-state index is 13.1. The molecule has 0 spiro atoms. The molecule has 0 aromatic heterocycles. The number of anilines is 1. The molecule has 3 rings (SSSR count). The third-order valence-corrected chi connectivity index (χ3v) is 7.09. The van der Waals surface area contributed by atoms with Gasteiger partial charge in [-0.05, 0) is 62.1 Å². The molecule has 1 fully saturated rings. The minimum atomic E-state index is -4.00. The first-order valence-corrected chi connectivity index (χ1v) is 12.8. The van der Waals surface area contributed by atoms with Crippen molar-refractivity contribution in [1.29, 1.82) is 0 Å². The zero-order valence-corrected chi connectivity index (χ0v) is 20.5. The molecule has 2 aromatic carbocycles. The lowest BCUT2D eigenvalue weighted by Crippen LogP contribution is -2.46. The molecule has 0 saturated carbocycles. The van der Waals surface area contributed by atoms with Crippen LogP contribution in [-0.2, 0) is 21.2 Å². The Hall–Kier alpha value is -3.27. The summed E-state index contributed by atoms with van der Waals surface area (Å²) in [6.45, 7) is 5.05. The van der Waals surface area contributed by atoms with Crippen LogP contribution < -0.4 is 14.8 Å². The summed E-state index contributed by atoms with van der Waals surface area (Å²) in [7, 11) is -2.62. The lowest BCUT2D eigenvalue weighted by molar-refractivity contribution is 0.0860. The van der Waals surface area contributed by atoms with Crippen LogP contribution in [0.3, 0.4) is 0 Å². The van der Waals surface area contributed by atoms with Gasteiger partial charge in [0.15, 0.2) is 0 Å². The van der Waals surface area contributed by atoms with E-state index in [0.29, 0.717) is 38.2 Å². The smallest absolute Gasteiger partial charge is 0.409 e. The van der Waals surface area contributed by atoms with E-state index in [1.165, 1.54) is 25.3 Å². The molecule has 0 aliphatic carbocycles. The summed E-state index contributed by atoms with van der Waals surface area (Å²) in [5, 5.41) is 2.93. The number of piperidine rings is 1. The van der Waals surface area contributed by atoms with Crippen LogP contribution >= 0.6 is 0 Å². The highest BCUT2D eigenvalue weighted by Gasteiger charge is 2.26. The number of benzene rings is 2. The molecule has 2 aromatic rings. The molecule has 0 bridgehead atoms. The molecule has 0 radical (unpaired) electrons. The summed E-state index contributed by atoms with van der Waals surface area (Å²) in [5.74, 6) is -0.252. The highest BCUT2D eigenvalue weighted by Crippen LogP contribution is 2.27. The van der Waals surface area contributed by atoms with Crippen LogP contribution in [0.4, 0.5) is 10.5 Å². The summed E-state index contributed by atoms with van der Waals surface area (Å²) in [4.78, 5) is 26.2. The topological polar surface area (TPSA) is 114 Å². The largest absolute Gasteiger partial charge is 0.495 e. The molecule has 2 amide bonds. The Labute approximate surface area is 200 Å². The van der Waals surface area contributed by atoms with E-state index in [9.17, 15) is 18.0 Å². The third-order valence-electron chi connectivity index (χ3n) is 5.69. The molecular formula is C24H31N3O6S. The normalized spacial score (nSPS) is 14.4. The zero-order chi connectivity index (χ0) is 24.7. The summed E-state index contributed by atoms with van der Waals surface area (Å²) in [5.41, 5.74) is 1.71. The van der Waals surface area contributed by atoms with Crippen LogP contribution in [0.25, 0.3) is 0 Å². The van der Waals surface area contributed by atoms with Gasteiger partial charge in [0, 0.05) is 30.4 Å². The summed E-state index contributed by atoms with van der Waals surface area (Å²) >= 11 is 0. The number of nitrogens with one attached hydrogen (secondary N) is 2. The number of nitrogens with zero attached hydrogens (tertiary/aromatic N) is 1. The van der Waals surface area contributed by atoms with Gasteiger partial charge in [0.2, 0.25) is 0 Å². The van der Waals surface area contributed by atoms with Crippen molar-refractivity contribution in [3.63, 3.8) is 0 Å². The number of methoxy groups -OCH3 is 1. The number of carbonyl (C=O) groups excluding carboxylic acids is 2. The number of hydrogen-bond donors (Lipinski definition) is 2. The lowest BCUT2D eigenvalue weighted by Gasteiger charge is -2.31. The number of carbonyl (C=O) groups is 2. The molecule has 10 heteroatoms. The maximum Gasteiger partial charge on any atom is 0.409 e. The lowest BCUT2D eigenvalue weighted by atomic mass is 10.0. The van der Waals surface area contributed by atoms with Gasteiger partial charge in [-0.25, -0.2) is 13.2 Å². The molecule has 184 valence electrons. The van der Waals surface area contributed by atoms with Crippen LogP contribution in [0.1, 0.15) is 42.6 Å². The Kier molecular flexibility index (Phi) is 8.38. The van der Waals surface area contributed by atoms with Crippen LogP contribution in [0.5, 0.6) is 5.75 Å². The fraction of sp³-hybridized carbons (Fsp3) is 0.417. The van der Waals surface area contributed by atoms with E-state index < -0.39 is 10.0 Å². The molecular weight excluding hydrogens is 458 g/mol. The van der Waals surface area contributed by atoms with Crippen molar-refractivity contribution >= 4 is 27.7 Å². The van der Waals surface area contributed by atoms with Gasteiger partial charge in [0.25, 0.3) is 15.9 Å². The van der Waals surface area contributed by atoms with Crippen LogP contribution in [-0.4, -0.2) is 58.2 Å². The summed E-state index contributed by atoms with van der Waals surface area (Å²) in [6, 6.07) is 11.3. The van der Waals surface area contributed by atoms with E-state index in [-0.39, 0.29) is 34.3 Å². The first-order valence-electron chi connectivity index (χ1n) is 11.3. The van der Waals surface area contributed by atoms with Crippen LogP contribution in [0.2, 0.25) is 0 Å². The minimum absolute atomic E-state index is 0.126. The van der Waals surface area contributed by atoms with E-state index in [1.54, 1.807) is 24.0 Å². The van der Waals surface area contributed by atoms with Gasteiger partial charge in [0.1, 0.15) is 10.6 Å². The first kappa shape index (κ1) is 25.4. The van der Waals surface area contributed by atoms with Gasteiger partial charge >= 0.3 is 6.09 Å². The molecule has 1 aliphatic rings. The van der Waals surface area contributed by atoms with Gasteiger partial charge in [-0.15, -0.1) is 0 Å². The van der Waals surface area contributed by atoms with Crippen LogP contribution in [0.15, 0.2) is 47.4 Å². The predicted molar refractivity (Wildman–Crippen MR) is 129 cm³/mol. The van der Waals surface area contributed by atoms with E-state index in [1.807, 2.05) is 19.1 Å². The van der Waals surface area contributed by atoms with Gasteiger partial charge < -0.3 is 19.7 Å². The predicted octanol–water partition coefficient (Wildman–Crippen LogP) is 3.41. The number of amides is 2. The summed E-state index contributed by atoms with van der Waals surface area (Å²) in [6.07, 6.45) is 1.66. The van der Waals surface area contributed by atoms with Gasteiger partial charge in [-0.3, -0.25) is 9.52 Å². The second-order valence-corrected chi connectivity index (χ2v) is 9.61. The Morgan fingerprint density at radius 3 is 2.32 bits per heavy atom. The fourth-order valence-electron chi connectivity index (χ4n) is 3.74. The van der Waals surface area contributed by atoms with Gasteiger partial charge in [0.05, 0.1) is 13.7 Å². The standard InChI is InChI=1S/C24H31N3O6S/c1-4-17-6-9-20(10-7-17)26-34(30,31)22-16-18(8-11-21(22)32-3)23(28)25-19-12-14-27(15-13-19)24(29)33-5-2/h6-11,16,19,26H,4-5,12-15H2,1-3H3,(H,25,28). The number of sulfonamides is 1. The van der Waals surface area contributed by atoms with Crippen molar-refractivity contribution in [2.75, 3.05) is 31.5 Å². The Morgan fingerprint density at radius 1 is 1.06 bits per heavy atom. The van der Waals surface area contributed by atoms with Crippen molar-refractivity contribution in [3.05, 3.63) is 53.6 Å². The SMILES string of the molecule is CCOC(=O)N1CCC(NC(=O)c2ccc(OC)c(S(=O)(=O)Nc3ccc(CC)cc3)c2)CC1. The molecule has 0 unspecified atom stereocenters. The van der Waals surface area contributed by atoms with Crippen molar-refractivity contribution in [2.45, 2.75) is 44.0 Å². The highest BCUT2D eigenvalue weighted by molar-refractivity contribution is 7.92. The minimum Gasteiger partial charge on any atom is -0.495 e. The summed E-state index contributed by atoms with van der Waals surface area (Å²) < 4.78 is 39.0. The number of rotatable bonds is 8. The van der Waals surface area contributed by atoms with Crippen molar-refractivity contribution in [3.8, 4) is 5.75 Å². The van der Waals surface area contributed by atoms with Crippen molar-refractivity contribution in [2.24, 2.45) is 0 Å². The van der Waals surface area contributed by atoms with Crippen molar-refractivity contribution in [1.82, 2.24) is 10.2 Å². The molecule has 34 heavy (non-hydrogen) atoms. The number of likely N-dealkylation sites (tertiary alicyclic amines) is 1. The number of ether oxygens (including phenoxy) is 2. The Balaban J connectivity index is 1.71. The average molecular weight is 490 g/mol. The molecule has 0 atom stereocenters. The Morgan fingerprint density at radius 2 is 1.74 bits per heavy atom. The van der Waals surface area contributed by atoms with Crippen LogP contribution in [0, 0.1) is 0 Å². The second-order valence-electron chi connectivity index (χ2n) is 7.96. The second kappa shape index (κ2) is 11.2. The number of aryl methyl sites for hydroxylation is 1. The van der Waals surface area contributed by atoms with E-state index in [4.69, 9.17) is 9.47 Å². The van der Waals surface area contributed by atoms with Gasteiger partial charge in [-0.2, -0.15) is 0 Å². The fourth-order valence-corrected chi connectivity index (χ4v) is 4.99. The van der Waals surface area contributed by atoms with E-state index in [2.05, 4.69) is 10.0 Å². The molecule has 2 N–H and O–H groups in total. The van der Waals surface area contributed by atoms with E-state index in [0.717, 1.165) is 12.0 Å². The van der Waals surface area contributed by atoms with Crippen molar-refractivity contribution < 1.29 is 27.5 Å². The average Bonchev–Trinajstić information content (AvgIpc) is 2.84. The molecule has 9 nitrogen and oxygen atoms in total. The zero-order valence-electron chi connectivity index (χ0n) is 19.7. The first-order chi connectivity index (χ1) is 16.3. The quantitative estimate of drug-likeness (QED) is 0.587. The van der Waals surface area contributed by atoms with E-state index >= 15 is 0 Å². The monoisotopic (exact) mass is 489 g/mol. The van der Waals surface area contributed by atoms with Gasteiger partial charge in [-0.1, -0.05) is 19.1 Å². The highest BCUT2D eigenvalue weighted by atomic mass is 32.2. The maximum absolute atomic E-state index is 13.1. The molecule has 1 heterocycles. The third kappa shape index (κ3) is 6.19. The Bertz CT molecular complexity index is 1110. The molecule has 1 aliphatic heterocycles. The molecule has 1 saturated heterocycles.